The minimum Gasteiger partial charge on any atom is -0.445 e. The van der Waals surface area contributed by atoms with Gasteiger partial charge in [-0.1, -0.05) is 42.5 Å². The zero-order valence-electron chi connectivity index (χ0n) is 14.4. The molecule has 2 atom stereocenters. The van der Waals surface area contributed by atoms with Crippen molar-refractivity contribution in [2.75, 3.05) is 0 Å². The summed E-state index contributed by atoms with van der Waals surface area (Å²) in [6.45, 7) is 2.41. The normalized spacial score (nSPS) is 21.8. The topological polar surface area (TPSA) is 42.4 Å². The van der Waals surface area contributed by atoms with Gasteiger partial charge in [-0.3, -0.25) is 9.88 Å². The second-order valence-corrected chi connectivity index (χ2v) is 6.81. The van der Waals surface area contributed by atoms with Crippen molar-refractivity contribution >= 4 is 11.7 Å². The molecule has 128 valence electrons. The first-order chi connectivity index (χ1) is 12.2. The standard InChI is InChI=1S/C21H22N2O2/c1-15-6-5-11-22-20(15)17-12-18-9-10-19(13-17)23(18)21(24)25-14-16-7-3-2-4-8-16/h2-8,11-12,18-19H,9-10,13-14H2,1H3. The fourth-order valence-corrected chi connectivity index (χ4v) is 3.91. The number of hydrogen-bond donors (Lipinski definition) is 0. The van der Waals surface area contributed by atoms with Gasteiger partial charge < -0.3 is 4.74 Å². The van der Waals surface area contributed by atoms with Crippen LogP contribution >= 0.6 is 0 Å². The molecule has 4 nitrogen and oxygen atoms in total. The number of carbonyl (C=O) groups is 1. The molecule has 1 amide bonds. The average molecular weight is 334 g/mol. The number of aryl methyl sites for hydroxylation is 1. The van der Waals surface area contributed by atoms with Gasteiger partial charge in [0.1, 0.15) is 6.61 Å². The van der Waals surface area contributed by atoms with Crippen molar-refractivity contribution in [3.63, 3.8) is 0 Å². The Morgan fingerprint density at radius 1 is 1.20 bits per heavy atom. The van der Waals surface area contributed by atoms with E-state index in [0.29, 0.717) is 6.61 Å². The predicted molar refractivity (Wildman–Crippen MR) is 96.8 cm³/mol. The highest BCUT2D eigenvalue weighted by Crippen LogP contribution is 2.39. The lowest BCUT2D eigenvalue weighted by molar-refractivity contribution is 0.0832. The molecule has 2 aliphatic rings. The van der Waals surface area contributed by atoms with Crippen LogP contribution in [0.2, 0.25) is 0 Å². The second-order valence-electron chi connectivity index (χ2n) is 6.81. The summed E-state index contributed by atoms with van der Waals surface area (Å²) in [5.74, 6) is 0. The Morgan fingerprint density at radius 3 is 2.80 bits per heavy atom. The molecule has 1 fully saturated rings. The van der Waals surface area contributed by atoms with E-state index in [1.165, 1.54) is 11.1 Å². The molecule has 0 saturated carbocycles. The van der Waals surface area contributed by atoms with Crippen molar-refractivity contribution < 1.29 is 9.53 Å². The first kappa shape index (κ1) is 15.9. The molecule has 1 saturated heterocycles. The number of rotatable bonds is 3. The van der Waals surface area contributed by atoms with Crippen LogP contribution in [0.15, 0.2) is 54.7 Å². The largest absolute Gasteiger partial charge is 0.445 e. The highest BCUT2D eigenvalue weighted by atomic mass is 16.6. The van der Waals surface area contributed by atoms with Gasteiger partial charge in [-0.15, -0.1) is 0 Å². The Bertz CT molecular complexity index is 801. The van der Waals surface area contributed by atoms with Gasteiger partial charge in [0, 0.05) is 12.2 Å². The van der Waals surface area contributed by atoms with Crippen molar-refractivity contribution in [3.8, 4) is 0 Å². The molecule has 2 aromatic rings. The maximum absolute atomic E-state index is 12.6. The first-order valence-corrected chi connectivity index (χ1v) is 8.84. The van der Waals surface area contributed by atoms with Gasteiger partial charge in [0.25, 0.3) is 0 Å². The fourth-order valence-electron chi connectivity index (χ4n) is 3.91. The summed E-state index contributed by atoms with van der Waals surface area (Å²) in [4.78, 5) is 19.1. The maximum Gasteiger partial charge on any atom is 0.410 e. The summed E-state index contributed by atoms with van der Waals surface area (Å²) < 4.78 is 5.56. The van der Waals surface area contributed by atoms with Crippen LogP contribution in [0.5, 0.6) is 0 Å². The molecule has 25 heavy (non-hydrogen) atoms. The zero-order valence-corrected chi connectivity index (χ0v) is 14.4. The molecule has 3 heterocycles. The second kappa shape index (κ2) is 6.71. The molecule has 0 spiro atoms. The summed E-state index contributed by atoms with van der Waals surface area (Å²) in [7, 11) is 0. The van der Waals surface area contributed by atoms with E-state index in [9.17, 15) is 4.79 Å². The number of nitrogens with zero attached hydrogens (tertiary/aromatic N) is 2. The third kappa shape index (κ3) is 3.16. The van der Waals surface area contributed by atoms with Gasteiger partial charge in [0.15, 0.2) is 0 Å². The van der Waals surface area contributed by atoms with Crippen LogP contribution in [0.25, 0.3) is 5.57 Å². The molecule has 1 aromatic carbocycles. The smallest absolute Gasteiger partial charge is 0.410 e. The monoisotopic (exact) mass is 334 g/mol. The molecule has 4 rings (SSSR count). The Morgan fingerprint density at radius 2 is 2.04 bits per heavy atom. The number of aromatic nitrogens is 1. The average Bonchev–Trinajstić information content (AvgIpc) is 2.91. The quantitative estimate of drug-likeness (QED) is 0.838. The first-order valence-electron chi connectivity index (χ1n) is 8.84. The van der Waals surface area contributed by atoms with Crippen LogP contribution in [0.4, 0.5) is 4.79 Å². The van der Waals surface area contributed by atoms with E-state index >= 15 is 0 Å². The SMILES string of the molecule is Cc1cccnc1C1=CC2CCC(C1)N2C(=O)OCc1ccccc1. The minimum absolute atomic E-state index is 0.124. The maximum atomic E-state index is 12.6. The molecule has 0 radical (unpaired) electrons. The number of carbonyl (C=O) groups excluding carboxylic acids is 1. The molecular formula is C21H22N2O2. The van der Waals surface area contributed by atoms with Crippen molar-refractivity contribution in [3.05, 3.63) is 71.6 Å². The van der Waals surface area contributed by atoms with Crippen LogP contribution in [0.1, 0.15) is 36.1 Å². The van der Waals surface area contributed by atoms with Crippen LogP contribution in [-0.2, 0) is 11.3 Å². The lowest BCUT2D eigenvalue weighted by atomic mass is 9.96. The van der Waals surface area contributed by atoms with Crippen molar-refractivity contribution in [1.29, 1.82) is 0 Å². The molecule has 1 aromatic heterocycles. The van der Waals surface area contributed by atoms with Crippen molar-refractivity contribution in [2.45, 2.75) is 44.9 Å². The summed E-state index contributed by atoms with van der Waals surface area (Å²) in [6.07, 6.45) is 6.73. The highest BCUT2D eigenvalue weighted by Gasteiger charge is 2.41. The Balaban J connectivity index is 1.48. The lowest BCUT2D eigenvalue weighted by Gasteiger charge is -2.33. The summed E-state index contributed by atoms with van der Waals surface area (Å²) >= 11 is 0. The number of ether oxygens (including phenoxy) is 1. The third-order valence-electron chi connectivity index (χ3n) is 5.13. The van der Waals surface area contributed by atoms with E-state index in [1.54, 1.807) is 0 Å². The molecule has 0 aliphatic carbocycles. The molecule has 2 bridgehead atoms. The van der Waals surface area contributed by atoms with Gasteiger partial charge in [-0.2, -0.15) is 0 Å². The van der Waals surface area contributed by atoms with Crippen LogP contribution < -0.4 is 0 Å². The number of hydrogen-bond acceptors (Lipinski definition) is 3. The molecular weight excluding hydrogens is 312 g/mol. The number of fused-ring (bicyclic) bond motifs is 2. The summed E-state index contributed by atoms with van der Waals surface area (Å²) in [6, 6.07) is 14.2. The Labute approximate surface area is 148 Å². The lowest BCUT2D eigenvalue weighted by Crippen LogP contribution is -2.43. The predicted octanol–water partition coefficient (Wildman–Crippen LogP) is 4.35. The van der Waals surface area contributed by atoms with Crippen LogP contribution in [0.3, 0.4) is 0 Å². The van der Waals surface area contributed by atoms with Gasteiger partial charge in [-0.25, -0.2) is 4.79 Å². The van der Waals surface area contributed by atoms with E-state index in [4.69, 9.17) is 4.74 Å². The number of benzene rings is 1. The Hall–Kier alpha value is -2.62. The van der Waals surface area contributed by atoms with E-state index < -0.39 is 0 Å². The molecule has 2 unspecified atom stereocenters. The number of pyridine rings is 1. The van der Waals surface area contributed by atoms with E-state index in [-0.39, 0.29) is 18.2 Å². The molecule has 4 heteroatoms. The van der Waals surface area contributed by atoms with Gasteiger partial charge in [0.05, 0.1) is 11.7 Å². The van der Waals surface area contributed by atoms with E-state index in [0.717, 1.165) is 30.5 Å². The van der Waals surface area contributed by atoms with Crippen molar-refractivity contribution in [1.82, 2.24) is 9.88 Å². The van der Waals surface area contributed by atoms with Gasteiger partial charge in [-0.05, 0) is 49.0 Å². The molecule has 0 N–H and O–H groups in total. The summed E-state index contributed by atoms with van der Waals surface area (Å²) in [5.41, 5.74) is 4.53. The Kier molecular flexibility index (Phi) is 4.26. The minimum atomic E-state index is -0.204. The van der Waals surface area contributed by atoms with Crippen molar-refractivity contribution in [2.24, 2.45) is 0 Å². The van der Waals surface area contributed by atoms with E-state index in [2.05, 4.69) is 24.1 Å². The van der Waals surface area contributed by atoms with Crippen LogP contribution in [0, 0.1) is 6.92 Å². The van der Waals surface area contributed by atoms with Crippen LogP contribution in [-0.4, -0.2) is 28.1 Å². The van der Waals surface area contributed by atoms with E-state index in [1.807, 2.05) is 47.5 Å². The fraction of sp³-hybridized carbons (Fsp3) is 0.333. The highest BCUT2D eigenvalue weighted by molar-refractivity contribution is 5.74. The van der Waals surface area contributed by atoms with Gasteiger partial charge in [0.2, 0.25) is 0 Å². The third-order valence-corrected chi connectivity index (χ3v) is 5.13. The number of amides is 1. The zero-order chi connectivity index (χ0) is 17.2. The van der Waals surface area contributed by atoms with Gasteiger partial charge >= 0.3 is 6.09 Å². The molecule has 2 aliphatic heterocycles. The summed E-state index contributed by atoms with van der Waals surface area (Å²) in [5, 5.41) is 0.